The molecule has 1 N–H and O–H groups in total. The Morgan fingerprint density at radius 3 is 2.40 bits per heavy atom. The van der Waals surface area contributed by atoms with Crippen molar-refractivity contribution in [3.63, 3.8) is 0 Å². The Hall–Kier alpha value is -0.890. The highest BCUT2D eigenvalue weighted by atomic mass is 32.2. The average molecular weight is 332 g/mol. The van der Waals surface area contributed by atoms with Crippen LogP contribution < -0.4 is 0 Å². The molecule has 0 aliphatic carbocycles. The Morgan fingerprint density at radius 2 is 1.95 bits per heavy atom. The normalized spacial score (nSPS) is 14.2. The van der Waals surface area contributed by atoms with Crippen LogP contribution in [0.5, 0.6) is 0 Å². The second kappa shape index (κ2) is 6.26. The molecule has 0 aromatic heterocycles. The first-order chi connectivity index (χ1) is 9.09. The van der Waals surface area contributed by atoms with Gasteiger partial charge in [0.05, 0.1) is 5.56 Å². The van der Waals surface area contributed by atoms with E-state index >= 15 is 0 Å². The second-order valence-electron chi connectivity index (χ2n) is 3.76. The number of halogens is 3. The van der Waals surface area contributed by atoms with Crippen LogP contribution in [0.3, 0.4) is 0 Å². The van der Waals surface area contributed by atoms with Crippen molar-refractivity contribution < 1.29 is 35.2 Å². The summed E-state index contributed by atoms with van der Waals surface area (Å²) < 4.78 is 77.0. The largest absolute Gasteiger partial charge is 0.417 e. The third-order valence-electron chi connectivity index (χ3n) is 2.37. The SMILES string of the molecule is CCc1cccc(C(F)(F)F)c1S(=O)(=O)OC[PH](=O)O. The zero-order valence-corrected chi connectivity index (χ0v) is 12.1. The van der Waals surface area contributed by atoms with Gasteiger partial charge < -0.3 is 4.89 Å². The molecule has 5 nitrogen and oxygen atoms in total. The summed E-state index contributed by atoms with van der Waals surface area (Å²) in [5.74, 6) is 0. The minimum absolute atomic E-state index is 0.0379. The lowest BCUT2D eigenvalue weighted by Gasteiger charge is -2.16. The van der Waals surface area contributed by atoms with E-state index in [0.717, 1.165) is 6.07 Å². The van der Waals surface area contributed by atoms with Crippen LogP contribution in [0.15, 0.2) is 23.1 Å². The van der Waals surface area contributed by atoms with Gasteiger partial charge in [-0.3, -0.25) is 8.75 Å². The summed E-state index contributed by atoms with van der Waals surface area (Å²) in [7, 11) is -8.04. The van der Waals surface area contributed by atoms with Crippen molar-refractivity contribution in [2.45, 2.75) is 24.4 Å². The Kier molecular flexibility index (Phi) is 5.37. The van der Waals surface area contributed by atoms with Crippen LogP contribution in [0.2, 0.25) is 0 Å². The minimum Gasteiger partial charge on any atom is -0.345 e. The summed E-state index contributed by atoms with van der Waals surface area (Å²) in [5.41, 5.74) is -1.42. The van der Waals surface area contributed by atoms with Crippen molar-refractivity contribution in [2.24, 2.45) is 0 Å². The lowest BCUT2D eigenvalue weighted by molar-refractivity contribution is -0.140. The maximum Gasteiger partial charge on any atom is 0.417 e. The second-order valence-corrected chi connectivity index (χ2v) is 6.38. The molecule has 114 valence electrons. The topological polar surface area (TPSA) is 80.7 Å². The predicted molar refractivity (Wildman–Crippen MR) is 65.2 cm³/mol. The predicted octanol–water partition coefficient (Wildman–Crippen LogP) is 2.40. The third-order valence-corrected chi connectivity index (χ3v) is 4.38. The number of aryl methyl sites for hydroxylation is 1. The van der Waals surface area contributed by atoms with Crippen LogP contribution >= 0.6 is 8.03 Å². The van der Waals surface area contributed by atoms with Gasteiger partial charge in [0, 0.05) is 0 Å². The first-order valence-electron chi connectivity index (χ1n) is 5.40. The molecule has 0 aliphatic rings. The van der Waals surface area contributed by atoms with Gasteiger partial charge >= 0.3 is 6.18 Å². The molecule has 20 heavy (non-hydrogen) atoms. The number of hydrogen-bond donors (Lipinski definition) is 1. The smallest absolute Gasteiger partial charge is 0.345 e. The Labute approximate surface area is 114 Å². The fourth-order valence-electron chi connectivity index (χ4n) is 1.57. The number of benzene rings is 1. The molecule has 1 atom stereocenters. The molecule has 0 spiro atoms. The van der Waals surface area contributed by atoms with Gasteiger partial charge in [0.15, 0.2) is 0 Å². The van der Waals surface area contributed by atoms with E-state index < -0.39 is 41.1 Å². The fourth-order valence-corrected chi connectivity index (χ4v) is 3.70. The lowest BCUT2D eigenvalue weighted by atomic mass is 10.1. The Morgan fingerprint density at radius 1 is 1.35 bits per heavy atom. The summed E-state index contributed by atoms with van der Waals surface area (Å²) in [6.45, 7) is 1.49. The van der Waals surface area contributed by atoms with E-state index in [4.69, 9.17) is 4.89 Å². The monoisotopic (exact) mass is 332 g/mol. The Bertz CT molecular complexity index is 612. The van der Waals surface area contributed by atoms with Gasteiger partial charge in [-0.25, -0.2) is 0 Å². The van der Waals surface area contributed by atoms with Gasteiger partial charge in [-0.15, -0.1) is 0 Å². The van der Waals surface area contributed by atoms with Gasteiger partial charge in [0.2, 0.25) is 8.03 Å². The maximum atomic E-state index is 12.9. The number of hydrogen-bond acceptors (Lipinski definition) is 4. The summed E-state index contributed by atoms with van der Waals surface area (Å²) in [6, 6.07) is 2.94. The number of rotatable bonds is 5. The number of alkyl halides is 3. The highest BCUT2D eigenvalue weighted by molar-refractivity contribution is 7.87. The molecule has 0 amide bonds. The maximum absolute atomic E-state index is 12.9. The average Bonchev–Trinajstić information content (AvgIpc) is 2.34. The molecule has 1 aromatic carbocycles. The van der Waals surface area contributed by atoms with Crippen molar-refractivity contribution in [2.75, 3.05) is 6.35 Å². The minimum atomic E-state index is -4.87. The van der Waals surface area contributed by atoms with E-state index in [1.54, 1.807) is 0 Å². The van der Waals surface area contributed by atoms with Gasteiger partial charge in [-0.1, -0.05) is 19.1 Å². The van der Waals surface area contributed by atoms with E-state index in [2.05, 4.69) is 4.18 Å². The summed E-state index contributed by atoms with van der Waals surface area (Å²) in [5, 5.41) is 0. The molecule has 0 radical (unpaired) electrons. The first-order valence-corrected chi connectivity index (χ1v) is 8.37. The van der Waals surface area contributed by atoms with Crippen molar-refractivity contribution in [1.29, 1.82) is 0 Å². The lowest BCUT2D eigenvalue weighted by Crippen LogP contribution is -2.17. The highest BCUT2D eigenvalue weighted by Gasteiger charge is 2.38. The van der Waals surface area contributed by atoms with Crippen LogP contribution in [0.25, 0.3) is 0 Å². The molecule has 0 saturated heterocycles. The molecular formula is C10H12F3O5PS. The summed E-state index contributed by atoms with van der Waals surface area (Å²) >= 11 is 0. The molecule has 0 heterocycles. The zero-order chi connectivity index (χ0) is 15.6. The third kappa shape index (κ3) is 4.05. The van der Waals surface area contributed by atoms with E-state index in [9.17, 15) is 26.2 Å². The van der Waals surface area contributed by atoms with Crippen LogP contribution in [0.1, 0.15) is 18.1 Å². The summed E-state index contributed by atoms with van der Waals surface area (Å²) in [6.07, 6.45) is -5.89. The van der Waals surface area contributed by atoms with Crippen molar-refractivity contribution in [3.05, 3.63) is 29.3 Å². The Balaban J connectivity index is 3.45. The molecule has 0 aliphatic heterocycles. The van der Waals surface area contributed by atoms with Gasteiger partial charge in [0.25, 0.3) is 10.1 Å². The van der Waals surface area contributed by atoms with Crippen molar-refractivity contribution in [3.8, 4) is 0 Å². The molecule has 1 unspecified atom stereocenters. The van der Waals surface area contributed by atoms with Crippen molar-refractivity contribution >= 4 is 18.1 Å². The molecule has 0 saturated carbocycles. The van der Waals surface area contributed by atoms with Crippen molar-refractivity contribution in [1.82, 2.24) is 0 Å². The highest BCUT2D eigenvalue weighted by Crippen LogP contribution is 2.37. The van der Waals surface area contributed by atoms with Crippen LogP contribution in [-0.4, -0.2) is 19.7 Å². The van der Waals surface area contributed by atoms with E-state index in [1.165, 1.54) is 13.0 Å². The van der Waals surface area contributed by atoms with Crippen LogP contribution in [0, 0.1) is 0 Å². The zero-order valence-electron chi connectivity index (χ0n) is 10.3. The van der Waals surface area contributed by atoms with Crippen LogP contribution in [-0.2, 0) is 31.5 Å². The standard InChI is InChI=1S/C10H12F3O5PS/c1-2-7-4-3-5-8(10(11,12)13)9(7)20(16,17)18-6-19(14)15/h3-5,19H,2,6H2,1H3,(H,14,15). The molecule has 1 rings (SSSR count). The molecule has 10 heteroatoms. The van der Waals surface area contributed by atoms with Gasteiger partial charge in [-0.2, -0.15) is 21.6 Å². The molecule has 1 aromatic rings. The fraction of sp³-hybridized carbons (Fsp3) is 0.400. The molecule has 0 bridgehead atoms. The molecular weight excluding hydrogens is 320 g/mol. The quantitative estimate of drug-likeness (QED) is 0.661. The summed E-state index contributed by atoms with van der Waals surface area (Å²) in [4.78, 5) is 7.55. The van der Waals surface area contributed by atoms with Crippen LogP contribution in [0.4, 0.5) is 13.2 Å². The molecule has 0 fully saturated rings. The first kappa shape index (κ1) is 17.2. The van der Waals surface area contributed by atoms with Gasteiger partial charge in [-0.05, 0) is 18.1 Å². The van der Waals surface area contributed by atoms with E-state index in [1.807, 2.05) is 0 Å². The van der Waals surface area contributed by atoms with E-state index in [-0.39, 0.29) is 12.0 Å². The van der Waals surface area contributed by atoms with E-state index in [0.29, 0.717) is 6.07 Å². The van der Waals surface area contributed by atoms with Gasteiger partial charge in [0.1, 0.15) is 11.2 Å².